The number of hydrogen-bond donors (Lipinski definition) is 0. The van der Waals surface area contributed by atoms with E-state index in [9.17, 15) is 0 Å². The average molecular weight is 156 g/mol. The molecule has 1 heteroatoms. The monoisotopic (exact) mass is 156 g/mol. The van der Waals surface area contributed by atoms with E-state index in [4.69, 9.17) is 0 Å². The van der Waals surface area contributed by atoms with Crippen LogP contribution in [0.15, 0.2) is 22.5 Å². The summed E-state index contributed by atoms with van der Waals surface area (Å²) in [5, 5.41) is 2.17. The zero-order chi connectivity index (χ0) is 7.82. The summed E-state index contributed by atoms with van der Waals surface area (Å²) in [6, 6.07) is 0. The van der Waals surface area contributed by atoms with Crippen LogP contribution >= 0.6 is 11.8 Å². The van der Waals surface area contributed by atoms with Crippen molar-refractivity contribution in [1.82, 2.24) is 0 Å². The van der Waals surface area contributed by atoms with E-state index in [0.29, 0.717) is 0 Å². The second-order valence-electron chi connectivity index (χ2n) is 2.01. The van der Waals surface area contributed by atoms with E-state index in [0.717, 1.165) is 12.8 Å². The lowest BCUT2D eigenvalue weighted by atomic mass is 10.4. The van der Waals surface area contributed by atoms with Crippen molar-refractivity contribution in [3.05, 3.63) is 22.5 Å². The summed E-state index contributed by atoms with van der Waals surface area (Å²) in [5.74, 6) is 0. The highest BCUT2D eigenvalue weighted by Gasteiger charge is 1.86. The summed E-state index contributed by atoms with van der Waals surface area (Å²) in [5.41, 5.74) is 0. The Morgan fingerprint density at radius 2 is 2.10 bits per heavy atom. The summed E-state index contributed by atoms with van der Waals surface area (Å²) < 4.78 is 0. The maximum Gasteiger partial charge on any atom is -0.0154 e. The van der Waals surface area contributed by atoms with E-state index in [1.54, 1.807) is 0 Å². The molecule has 0 aliphatic rings. The van der Waals surface area contributed by atoms with Gasteiger partial charge < -0.3 is 0 Å². The van der Waals surface area contributed by atoms with Crippen molar-refractivity contribution in [2.45, 2.75) is 33.6 Å². The maximum atomic E-state index is 2.18. The van der Waals surface area contributed by atoms with Crippen molar-refractivity contribution in [2.24, 2.45) is 0 Å². The predicted octanol–water partition coefficient (Wildman–Crippen LogP) is 3.96. The van der Waals surface area contributed by atoms with Gasteiger partial charge in [-0.05, 0) is 30.1 Å². The van der Waals surface area contributed by atoms with E-state index in [1.165, 1.54) is 4.91 Å². The standard InChI is InChI=1S/C9H16S/c1-4-7-8-10-9(5-2)6-3/h5,7-8H,4,6H2,1-3H3/b8-7+,9-5-. The fourth-order valence-electron chi connectivity index (χ4n) is 0.587. The highest BCUT2D eigenvalue weighted by molar-refractivity contribution is 8.05. The second-order valence-corrected chi connectivity index (χ2v) is 3.04. The van der Waals surface area contributed by atoms with Crippen molar-refractivity contribution in [3.8, 4) is 0 Å². The third-order valence-corrected chi connectivity index (χ3v) is 2.38. The third kappa shape index (κ3) is 4.68. The Morgan fingerprint density at radius 1 is 1.40 bits per heavy atom. The Balaban J connectivity index is 3.55. The molecule has 0 aliphatic heterocycles. The first-order valence-corrected chi connectivity index (χ1v) is 4.69. The molecule has 0 radical (unpaired) electrons. The van der Waals surface area contributed by atoms with E-state index < -0.39 is 0 Å². The van der Waals surface area contributed by atoms with Gasteiger partial charge >= 0.3 is 0 Å². The van der Waals surface area contributed by atoms with Crippen LogP contribution in [-0.4, -0.2) is 0 Å². The van der Waals surface area contributed by atoms with Crippen LogP contribution in [0.4, 0.5) is 0 Å². The molecule has 0 unspecified atom stereocenters. The first-order chi connectivity index (χ1) is 4.85. The first kappa shape index (κ1) is 9.83. The largest absolute Gasteiger partial charge is 0.103 e. The SMILES string of the molecule is C/C=C(/CC)S/C=C/CC. The van der Waals surface area contributed by atoms with Crippen LogP contribution in [0.3, 0.4) is 0 Å². The van der Waals surface area contributed by atoms with E-state index in [-0.39, 0.29) is 0 Å². The van der Waals surface area contributed by atoms with Crippen LogP contribution in [0, 0.1) is 0 Å². The van der Waals surface area contributed by atoms with E-state index in [2.05, 4.69) is 38.3 Å². The Kier molecular flexibility index (Phi) is 6.83. The van der Waals surface area contributed by atoms with Gasteiger partial charge in [0.1, 0.15) is 0 Å². The lowest BCUT2D eigenvalue weighted by molar-refractivity contribution is 1.19. The average Bonchev–Trinajstić information content (AvgIpc) is 1.99. The Labute approximate surface area is 68.4 Å². The van der Waals surface area contributed by atoms with Gasteiger partial charge in [0, 0.05) is 0 Å². The van der Waals surface area contributed by atoms with Crippen molar-refractivity contribution >= 4 is 11.8 Å². The van der Waals surface area contributed by atoms with Gasteiger partial charge in [-0.25, -0.2) is 0 Å². The molecule has 0 N–H and O–H groups in total. The number of thioether (sulfide) groups is 1. The van der Waals surface area contributed by atoms with Crippen LogP contribution in [-0.2, 0) is 0 Å². The molecular formula is C9H16S. The fraction of sp³-hybridized carbons (Fsp3) is 0.556. The van der Waals surface area contributed by atoms with Gasteiger partial charge in [0.25, 0.3) is 0 Å². The van der Waals surface area contributed by atoms with Crippen LogP contribution < -0.4 is 0 Å². The van der Waals surface area contributed by atoms with Gasteiger partial charge in [0.05, 0.1) is 0 Å². The molecule has 0 aromatic heterocycles. The van der Waals surface area contributed by atoms with Crippen LogP contribution in [0.25, 0.3) is 0 Å². The third-order valence-electron chi connectivity index (χ3n) is 1.22. The molecule has 0 heterocycles. The molecular weight excluding hydrogens is 140 g/mol. The van der Waals surface area contributed by atoms with Gasteiger partial charge in [-0.15, -0.1) is 11.8 Å². The van der Waals surface area contributed by atoms with Crippen LogP contribution in [0.5, 0.6) is 0 Å². The summed E-state index contributed by atoms with van der Waals surface area (Å²) in [7, 11) is 0. The number of allylic oxidation sites excluding steroid dienone is 3. The summed E-state index contributed by atoms with van der Waals surface area (Å²) in [6.45, 7) is 6.42. The molecule has 0 fully saturated rings. The number of rotatable bonds is 4. The van der Waals surface area contributed by atoms with Crippen LogP contribution in [0.2, 0.25) is 0 Å². The van der Waals surface area contributed by atoms with E-state index >= 15 is 0 Å². The fourth-order valence-corrected chi connectivity index (χ4v) is 1.35. The van der Waals surface area contributed by atoms with Gasteiger partial charge in [-0.3, -0.25) is 0 Å². The summed E-state index contributed by atoms with van der Waals surface area (Å²) in [4.78, 5) is 1.45. The zero-order valence-corrected chi connectivity index (χ0v) is 7.87. The van der Waals surface area contributed by atoms with Crippen molar-refractivity contribution in [1.29, 1.82) is 0 Å². The minimum atomic E-state index is 1.13. The molecule has 0 rings (SSSR count). The zero-order valence-electron chi connectivity index (χ0n) is 7.05. The first-order valence-electron chi connectivity index (χ1n) is 3.82. The van der Waals surface area contributed by atoms with Gasteiger partial charge in [0.2, 0.25) is 0 Å². The topological polar surface area (TPSA) is 0 Å². The Morgan fingerprint density at radius 3 is 2.50 bits per heavy atom. The molecule has 0 nitrogen and oxygen atoms in total. The molecule has 0 saturated heterocycles. The summed E-state index contributed by atoms with van der Waals surface area (Å²) >= 11 is 1.83. The molecule has 58 valence electrons. The van der Waals surface area contributed by atoms with E-state index in [1.807, 2.05) is 11.8 Å². The van der Waals surface area contributed by atoms with Gasteiger partial charge in [0.15, 0.2) is 0 Å². The normalized spacial score (nSPS) is 12.9. The lowest BCUT2D eigenvalue weighted by Crippen LogP contribution is -1.67. The molecule has 0 amide bonds. The highest BCUT2D eigenvalue weighted by atomic mass is 32.2. The molecule has 0 aliphatic carbocycles. The van der Waals surface area contributed by atoms with Crippen LogP contribution in [0.1, 0.15) is 33.6 Å². The Hall–Kier alpha value is -0.170. The van der Waals surface area contributed by atoms with Gasteiger partial charge in [-0.2, -0.15) is 0 Å². The molecule has 0 aromatic rings. The lowest BCUT2D eigenvalue weighted by Gasteiger charge is -1.95. The molecule has 10 heavy (non-hydrogen) atoms. The minimum Gasteiger partial charge on any atom is -0.103 e. The van der Waals surface area contributed by atoms with Gasteiger partial charge in [-0.1, -0.05) is 26.0 Å². The predicted molar refractivity (Wildman–Crippen MR) is 51.1 cm³/mol. The quantitative estimate of drug-likeness (QED) is 0.593. The molecule has 0 spiro atoms. The van der Waals surface area contributed by atoms with Crippen molar-refractivity contribution in [3.63, 3.8) is 0 Å². The molecule has 0 aromatic carbocycles. The molecule has 0 atom stereocenters. The Bertz CT molecular complexity index is 123. The molecule has 0 saturated carbocycles. The van der Waals surface area contributed by atoms with Crippen molar-refractivity contribution < 1.29 is 0 Å². The number of hydrogen-bond acceptors (Lipinski definition) is 1. The second kappa shape index (κ2) is 6.94. The smallest absolute Gasteiger partial charge is 0.0154 e. The van der Waals surface area contributed by atoms with Crippen molar-refractivity contribution in [2.75, 3.05) is 0 Å². The highest BCUT2D eigenvalue weighted by Crippen LogP contribution is 2.19. The maximum absolute atomic E-state index is 2.18. The molecule has 0 bridgehead atoms. The minimum absolute atomic E-state index is 1.13. The summed E-state index contributed by atoms with van der Waals surface area (Å²) in [6.07, 6.45) is 6.64.